The first-order valence-electron chi connectivity index (χ1n) is 9.61. The predicted molar refractivity (Wildman–Crippen MR) is 111 cm³/mol. The second kappa shape index (κ2) is 7.05. The van der Waals surface area contributed by atoms with E-state index >= 15 is 0 Å². The highest BCUT2D eigenvalue weighted by Crippen LogP contribution is 2.21. The van der Waals surface area contributed by atoms with Crippen molar-refractivity contribution in [1.29, 1.82) is 0 Å². The van der Waals surface area contributed by atoms with E-state index in [1.807, 2.05) is 42.5 Å². The largest absolute Gasteiger partial charge is 0.353 e. The van der Waals surface area contributed by atoms with E-state index in [4.69, 9.17) is 0 Å². The molecule has 5 rings (SSSR count). The molecule has 1 N–H and O–H groups in total. The molecule has 1 aliphatic heterocycles. The number of amides is 1. The molecule has 29 heavy (non-hydrogen) atoms. The monoisotopic (exact) mass is 388 g/mol. The molecule has 146 valence electrons. The third-order valence-corrected chi connectivity index (χ3v) is 5.41. The molecule has 0 aliphatic carbocycles. The zero-order valence-electron chi connectivity index (χ0n) is 15.8. The van der Waals surface area contributed by atoms with E-state index in [0.717, 1.165) is 22.1 Å². The number of hydrogen-bond acceptors (Lipinski definition) is 5. The highest BCUT2D eigenvalue weighted by Gasteiger charge is 2.23. The van der Waals surface area contributed by atoms with Gasteiger partial charge in [0.1, 0.15) is 17.9 Å². The Morgan fingerprint density at radius 1 is 1.00 bits per heavy atom. The molecule has 0 bridgehead atoms. The summed E-state index contributed by atoms with van der Waals surface area (Å²) in [4.78, 5) is 37.0. The third kappa shape index (κ3) is 3.12. The lowest BCUT2D eigenvalue weighted by molar-refractivity contribution is -0.132. The molecule has 4 aromatic rings. The van der Waals surface area contributed by atoms with Gasteiger partial charge in [-0.05, 0) is 18.2 Å². The number of nitrogens with one attached hydrogen (secondary N) is 1. The molecule has 0 spiro atoms. The maximum absolute atomic E-state index is 12.8. The lowest BCUT2D eigenvalue weighted by atomic mass is 10.2. The highest BCUT2D eigenvalue weighted by atomic mass is 16.2. The molecule has 1 aromatic carbocycles. The fourth-order valence-electron chi connectivity index (χ4n) is 3.84. The molecule has 0 unspecified atom stereocenters. The predicted octanol–water partition coefficient (Wildman–Crippen LogP) is 1.62. The highest BCUT2D eigenvalue weighted by molar-refractivity contribution is 6.06. The number of benzene rings is 1. The lowest BCUT2D eigenvalue weighted by Crippen LogP contribution is -2.50. The van der Waals surface area contributed by atoms with Gasteiger partial charge in [0.15, 0.2) is 0 Å². The van der Waals surface area contributed by atoms with Crippen molar-refractivity contribution in [3.05, 3.63) is 65.2 Å². The van der Waals surface area contributed by atoms with Crippen LogP contribution in [0.4, 0.5) is 5.82 Å². The lowest BCUT2D eigenvalue weighted by Gasteiger charge is -2.35. The average molecular weight is 388 g/mol. The first-order chi connectivity index (χ1) is 14.2. The molecule has 1 aliphatic rings. The van der Waals surface area contributed by atoms with Crippen molar-refractivity contribution in [2.45, 2.75) is 6.54 Å². The number of fused-ring (bicyclic) bond motifs is 3. The van der Waals surface area contributed by atoms with Crippen LogP contribution in [0.25, 0.3) is 21.8 Å². The number of aromatic amines is 1. The van der Waals surface area contributed by atoms with Crippen molar-refractivity contribution in [3.8, 4) is 0 Å². The number of pyridine rings is 1. The minimum atomic E-state index is -0.279. The molecule has 1 fully saturated rings. The number of rotatable bonds is 3. The van der Waals surface area contributed by atoms with Crippen LogP contribution in [0.5, 0.6) is 0 Å². The van der Waals surface area contributed by atoms with Crippen LogP contribution in [0.1, 0.15) is 0 Å². The molecular formula is C21H20N6O2. The molecule has 4 heterocycles. The van der Waals surface area contributed by atoms with Crippen molar-refractivity contribution in [2.24, 2.45) is 0 Å². The van der Waals surface area contributed by atoms with Crippen LogP contribution in [0.3, 0.4) is 0 Å². The van der Waals surface area contributed by atoms with Gasteiger partial charge in [-0.2, -0.15) is 5.10 Å². The number of carbonyl (C=O) groups is 1. The van der Waals surface area contributed by atoms with Crippen LogP contribution in [-0.4, -0.2) is 56.7 Å². The van der Waals surface area contributed by atoms with E-state index in [1.165, 1.54) is 4.68 Å². The Kier molecular flexibility index (Phi) is 4.23. The van der Waals surface area contributed by atoms with Crippen molar-refractivity contribution in [2.75, 3.05) is 31.1 Å². The van der Waals surface area contributed by atoms with Gasteiger partial charge in [0.05, 0.1) is 6.20 Å². The molecule has 0 atom stereocenters. The second-order valence-electron chi connectivity index (χ2n) is 7.12. The van der Waals surface area contributed by atoms with E-state index in [0.29, 0.717) is 31.7 Å². The molecule has 0 radical (unpaired) electrons. The number of nitrogens with zero attached hydrogens (tertiary/aromatic N) is 5. The molecule has 0 saturated carbocycles. The van der Waals surface area contributed by atoms with Gasteiger partial charge in [0.2, 0.25) is 5.91 Å². The van der Waals surface area contributed by atoms with Crippen LogP contribution < -0.4 is 10.5 Å². The summed E-state index contributed by atoms with van der Waals surface area (Å²) in [6, 6.07) is 13.5. The third-order valence-electron chi connectivity index (χ3n) is 5.41. The molecule has 8 heteroatoms. The fourth-order valence-corrected chi connectivity index (χ4v) is 3.84. The van der Waals surface area contributed by atoms with Gasteiger partial charge in [-0.3, -0.25) is 9.59 Å². The summed E-state index contributed by atoms with van der Waals surface area (Å²) in [5.74, 6) is 0.817. The van der Waals surface area contributed by atoms with Crippen molar-refractivity contribution >= 4 is 33.5 Å². The summed E-state index contributed by atoms with van der Waals surface area (Å²) in [5.41, 5.74) is 1.09. The van der Waals surface area contributed by atoms with Crippen LogP contribution in [-0.2, 0) is 11.3 Å². The normalized spacial score (nSPS) is 14.6. The van der Waals surface area contributed by atoms with Crippen LogP contribution in [0.15, 0.2) is 59.7 Å². The first kappa shape index (κ1) is 17.4. The Morgan fingerprint density at radius 2 is 1.79 bits per heavy atom. The quantitative estimate of drug-likeness (QED) is 0.576. The van der Waals surface area contributed by atoms with Gasteiger partial charge >= 0.3 is 0 Å². The van der Waals surface area contributed by atoms with Gasteiger partial charge in [0.25, 0.3) is 5.56 Å². The minimum Gasteiger partial charge on any atom is -0.353 e. The number of carbonyl (C=O) groups excluding carboxylic acids is 1. The summed E-state index contributed by atoms with van der Waals surface area (Å²) in [6.07, 6.45) is 3.42. The zero-order chi connectivity index (χ0) is 19.8. The summed E-state index contributed by atoms with van der Waals surface area (Å²) in [6.45, 7) is 2.56. The van der Waals surface area contributed by atoms with E-state index in [1.54, 1.807) is 17.3 Å². The number of para-hydroxylation sites is 1. The van der Waals surface area contributed by atoms with E-state index in [-0.39, 0.29) is 18.0 Å². The second-order valence-corrected chi connectivity index (χ2v) is 7.12. The van der Waals surface area contributed by atoms with E-state index < -0.39 is 0 Å². The first-order valence-corrected chi connectivity index (χ1v) is 9.61. The molecule has 1 amide bonds. The Morgan fingerprint density at radius 3 is 2.59 bits per heavy atom. The van der Waals surface area contributed by atoms with Crippen LogP contribution in [0.2, 0.25) is 0 Å². The van der Waals surface area contributed by atoms with Crippen molar-refractivity contribution in [3.63, 3.8) is 0 Å². The number of hydrogen-bond donors (Lipinski definition) is 1. The number of anilines is 1. The van der Waals surface area contributed by atoms with Gasteiger partial charge < -0.3 is 14.8 Å². The standard InChI is InChI=1S/C21H20N6O2/c28-19(26-11-9-25(10-12-26)18-7-3-4-8-22-18)14-27-21(29)20-16(13-23-27)15-5-1-2-6-17(15)24-20/h1-8,13,24H,9-12,14H2. The smallest absolute Gasteiger partial charge is 0.291 e. The molecule has 1 saturated heterocycles. The van der Waals surface area contributed by atoms with Crippen LogP contribution in [0, 0.1) is 0 Å². The van der Waals surface area contributed by atoms with Gasteiger partial charge in [-0.25, -0.2) is 9.67 Å². The number of piperazine rings is 1. The summed E-state index contributed by atoms with van der Waals surface area (Å²) >= 11 is 0. The van der Waals surface area contributed by atoms with Crippen molar-refractivity contribution < 1.29 is 4.79 Å². The zero-order valence-corrected chi connectivity index (χ0v) is 15.8. The van der Waals surface area contributed by atoms with Crippen molar-refractivity contribution in [1.82, 2.24) is 24.6 Å². The Balaban J connectivity index is 1.32. The topological polar surface area (TPSA) is 87.1 Å². The summed E-state index contributed by atoms with van der Waals surface area (Å²) in [5, 5.41) is 5.97. The fraction of sp³-hybridized carbons (Fsp3) is 0.238. The minimum absolute atomic E-state index is 0.0618. The number of H-pyrrole nitrogens is 1. The van der Waals surface area contributed by atoms with Gasteiger partial charge in [-0.1, -0.05) is 24.3 Å². The van der Waals surface area contributed by atoms with E-state index in [9.17, 15) is 9.59 Å². The average Bonchev–Trinajstić information content (AvgIpc) is 3.16. The summed E-state index contributed by atoms with van der Waals surface area (Å²) < 4.78 is 1.24. The van der Waals surface area contributed by atoms with Gasteiger partial charge in [0, 0.05) is 48.7 Å². The maximum atomic E-state index is 12.8. The molecular weight excluding hydrogens is 368 g/mol. The Bertz CT molecular complexity index is 1240. The summed E-state index contributed by atoms with van der Waals surface area (Å²) in [7, 11) is 0. The van der Waals surface area contributed by atoms with Gasteiger partial charge in [-0.15, -0.1) is 0 Å². The Hall–Kier alpha value is -3.68. The SMILES string of the molecule is O=C(Cn1ncc2c([nH]c3ccccc32)c1=O)N1CCN(c2ccccn2)CC1. The molecule has 8 nitrogen and oxygen atoms in total. The number of aromatic nitrogens is 4. The van der Waals surface area contributed by atoms with E-state index in [2.05, 4.69) is 20.0 Å². The Labute approximate surface area is 166 Å². The molecule has 3 aromatic heterocycles. The van der Waals surface area contributed by atoms with Crippen LogP contribution >= 0.6 is 0 Å². The maximum Gasteiger partial charge on any atom is 0.291 e.